The molecule has 0 bridgehead atoms. The van der Waals surface area contributed by atoms with Gasteiger partial charge in [-0.3, -0.25) is 0 Å². The van der Waals surface area contributed by atoms with E-state index in [4.69, 9.17) is 16.3 Å². The summed E-state index contributed by atoms with van der Waals surface area (Å²) >= 11 is 5.90. The maximum Gasteiger partial charge on any atom is 0.322 e. The van der Waals surface area contributed by atoms with Crippen LogP contribution in [0.3, 0.4) is 0 Å². The first-order valence-corrected chi connectivity index (χ1v) is 6.84. The second kappa shape index (κ2) is 5.88. The van der Waals surface area contributed by atoms with Gasteiger partial charge in [-0.2, -0.15) is 15.0 Å². The second-order valence-corrected chi connectivity index (χ2v) is 5.47. The Bertz CT molecular complexity index is 444. The normalized spacial score (nSPS) is 23.8. The molecule has 0 amide bonds. The zero-order valence-electron chi connectivity index (χ0n) is 11.4. The SMILES string of the molecule is CC(C)Oc1nc(Cl)nc(N2CCC(O)C(C)C2)n1. The van der Waals surface area contributed by atoms with Crippen LogP contribution in [0.2, 0.25) is 5.28 Å². The van der Waals surface area contributed by atoms with Gasteiger partial charge in [0.05, 0.1) is 12.2 Å². The van der Waals surface area contributed by atoms with Crippen molar-refractivity contribution in [1.29, 1.82) is 0 Å². The first-order valence-electron chi connectivity index (χ1n) is 6.47. The molecule has 2 rings (SSSR count). The van der Waals surface area contributed by atoms with E-state index in [1.807, 2.05) is 25.7 Å². The van der Waals surface area contributed by atoms with E-state index in [2.05, 4.69) is 15.0 Å². The van der Waals surface area contributed by atoms with Crippen molar-refractivity contribution in [2.24, 2.45) is 5.92 Å². The van der Waals surface area contributed by atoms with Crippen LogP contribution in [-0.4, -0.2) is 45.4 Å². The van der Waals surface area contributed by atoms with E-state index in [1.165, 1.54) is 0 Å². The van der Waals surface area contributed by atoms with Gasteiger partial charge in [0, 0.05) is 13.1 Å². The van der Waals surface area contributed by atoms with Gasteiger partial charge < -0.3 is 14.7 Å². The number of hydrogen-bond acceptors (Lipinski definition) is 6. The number of piperidine rings is 1. The summed E-state index contributed by atoms with van der Waals surface area (Å²) < 4.78 is 5.45. The summed E-state index contributed by atoms with van der Waals surface area (Å²) in [5.41, 5.74) is 0. The highest BCUT2D eigenvalue weighted by Crippen LogP contribution is 2.22. The van der Waals surface area contributed by atoms with E-state index in [0.717, 1.165) is 0 Å². The molecule has 0 aliphatic carbocycles. The Morgan fingerprint density at radius 2 is 2.11 bits per heavy atom. The standard InChI is InChI=1S/C12H19ClN4O2/c1-7(2)19-12-15-10(13)14-11(16-12)17-5-4-9(18)8(3)6-17/h7-9,18H,4-6H2,1-3H3. The monoisotopic (exact) mass is 286 g/mol. The van der Waals surface area contributed by atoms with Crippen LogP contribution in [0.5, 0.6) is 6.01 Å². The number of aliphatic hydroxyl groups is 1. The zero-order valence-corrected chi connectivity index (χ0v) is 12.1. The molecule has 6 nitrogen and oxygen atoms in total. The topological polar surface area (TPSA) is 71.4 Å². The summed E-state index contributed by atoms with van der Waals surface area (Å²) in [7, 11) is 0. The van der Waals surface area contributed by atoms with E-state index in [-0.39, 0.29) is 29.4 Å². The third-order valence-corrected chi connectivity index (χ3v) is 3.23. The minimum absolute atomic E-state index is 0.0200. The van der Waals surface area contributed by atoms with Crippen LogP contribution in [0, 0.1) is 5.92 Å². The van der Waals surface area contributed by atoms with Crippen molar-refractivity contribution in [1.82, 2.24) is 15.0 Å². The van der Waals surface area contributed by atoms with Gasteiger partial charge >= 0.3 is 6.01 Å². The minimum Gasteiger partial charge on any atom is -0.461 e. The lowest BCUT2D eigenvalue weighted by Gasteiger charge is -2.34. The molecule has 1 aromatic rings. The molecule has 1 aromatic heterocycles. The third kappa shape index (κ3) is 3.67. The smallest absolute Gasteiger partial charge is 0.322 e. The average Bonchev–Trinajstić information content (AvgIpc) is 2.31. The molecular formula is C12H19ClN4O2. The van der Waals surface area contributed by atoms with Crippen molar-refractivity contribution >= 4 is 17.5 Å². The molecule has 2 heterocycles. The summed E-state index contributed by atoms with van der Waals surface area (Å²) in [6.45, 7) is 7.20. The van der Waals surface area contributed by atoms with Gasteiger partial charge in [-0.15, -0.1) is 0 Å². The fraction of sp³-hybridized carbons (Fsp3) is 0.750. The molecule has 1 saturated heterocycles. The lowest BCUT2D eigenvalue weighted by molar-refractivity contribution is 0.0965. The molecule has 0 aromatic carbocycles. The van der Waals surface area contributed by atoms with Crippen LogP contribution in [0.25, 0.3) is 0 Å². The van der Waals surface area contributed by atoms with Gasteiger partial charge in [-0.1, -0.05) is 6.92 Å². The van der Waals surface area contributed by atoms with E-state index in [1.54, 1.807) is 0 Å². The number of ether oxygens (including phenoxy) is 1. The van der Waals surface area contributed by atoms with Crippen LogP contribution < -0.4 is 9.64 Å². The highest BCUT2D eigenvalue weighted by molar-refractivity contribution is 6.28. The van der Waals surface area contributed by atoms with Gasteiger partial charge in [0.2, 0.25) is 11.2 Å². The van der Waals surface area contributed by atoms with E-state index in [9.17, 15) is 5.11 Å². The first kappa shape index (κ1) is 14.3. The number of hydrogen-bond donors (Lipinski definition) is 1. The molecule has 1 aliphatic heterocycles. The van der Waals surface area contributed by atoms with Gasteiger partial charge in [0.15, 0.2) is 0 Å². The molecule has 7 heteroatoms. The van der Waals surface area contributed by atoms with Crippen molar-refractivity contribution in [3.63, 3.8) is 0 Å². The number of anilines is 1. The molecule has 106 valence electrons. The van der Waals surface area contributed by atoms with Crippen LogP contribution in [0.4, 0.5) is 5.95 Å². The van der Waals surface area contributed by atoms with Crippen LogP contribution >= 0.6 is 11.6 Å². The van der Waals surface area contributed by atoms with Gasteiger partial charge in [0.1, 0.15) is 0 Å². The third-order valence-electron chi connectivity index (χ3n) is 3.06. The van der Waals surface area contributed by atoms with Crippen LogP contribution in [-0.2, 0) is 0 Å². The number of aliphatic hydroxyl groups excluding tert-OH is 1. The number of rotatable bonds is 3. The van der Waals surface area contributed by atoms with Crippen molar-refractivity contribution < 1.29 is 9.84 Å². The lowest BCUT2D eigenvalue weighted by Crippen LogP contribution is -2.42. The number of halogens is 1. The molecule has 1 aliphatic rings. The molecule has 0 radical (unpaired) electrons. The summed E-state index contributed by atoms with van der Waals surface area (Å²) in [4.78, 5) is 14.3. The highest BCUT2D eigenvalue weighted by Gasteiger charge is 2.26. The maximum absolute atomic E-state index is 9.74. The highest BCUT2D eigenvalue weighted by atomic mass is 35.5. The van der Waals surface area contributed by atoms with E-state index >= 15 is 0 Å². The Hall–Kier alpha value is -1.14. The van der Waals surface area contributed by atoms with Gasteiger partial charge in [-0.05, 0) is 37.8 Å². The molecule has 0 saturated carbocycles. The number of nitrogens with zero attached hydrogens (tertiary/aromatic N) is 4. The largest absolute Gasteiger partial charge is 0.461 e. The predicted molar refractivity (Wildman–Crippen MR) is 72.6 cm³/mol. The van der Waals surface area contributed by atoms with Crippen molar-refractivity contribution in [3.8, 4) is 6.01 Å². The molecule has 2 unspecified atom stereocenters. The van der Waals surface area contributed by atoms with Crippen LogP contribution in [0.1, 0.15) is 27.2 Å². The Morgan fingerprint density at radius 1 is 1.37 bits per heavy atom. The predicted octanol–water partition coefficient (Wildman–Crippen LogP) is 1.52. The maximum atomic E-state index is 9.74. The average molecular weight is 287 g/mol. The summed E-state index contributed by atoms with van der Waals surface area (Å²) in [5.74, 6) is 0.688. The second-order valence-electron chi connectivity index (χ2n) is 5.13. The summed E-state index contributed by atoms with van der Waals surface area (Å²) in [6.07, 6.45) is 0.415. The Kier molecular flexibility index (Phi) is 4.42. The fourth-order valence-corrected chi connectivity index (χ4v) is 2.19. The zero-order chi connectivity index (χ0) is 14.0. The van der Waals surface area contributed by atoms with Gasteiger partial charge in [-0.25, -0.2) is 0 Å². The van der Waals surface area contributed by atoms with Crippen molar-refractivity contribution in [2.75, 3.05) is 18.0 Å². The van der Waals surface area contributed by atoms with Crippen LogP contribution in [0.15, 0.2) is 0 Å². The Morgan fingerprint density at radius 3 is 2.74 bits per heavy atom. The molecule has 19 heavy (non-hydrogen) atoms. The van der Waals surface area contributed by atoms with Gasteiger partial charge in [0.25, 0.3) is 0 Å². The van der Waals surface area contributed by atoms with Crippen molar-refractivity contribution in [2.45, 2.75) is 39.4 Å². The fourth-order valence-electron chi connectivity index (χ4n) is 2.04. The summed E-state index contributed by atoms with van der Waals surface area (Å²) in [6, 6.07) is 0.240. The van der Waals surface area contributed by atoms with E-state index < -0.39 is 0 Å². The first-order chi connectivity index (χ1) is 8.95. The quantitative estimate of drug-likeness (QED) is 0.908. The molecule has 0 spiro atoms. The number of aromatic nitrogens is 3. The van der Waals surface area contributed by atoms with E-state index in [0.29, 0.717) is 25.5 Å². The lowest BCUT2D eigenvalue weighted by atomic mass is 9.97. The molecule has 1 fully saturated rings. The van der Waals surface area contributed by atoms with Crippen molar-refractivity contribution in [3.05, 3.63) is 5.28 Å². The molecule has 1 N–H and O–H groups in total. The Balaban J connectivity index is 2.17. The summed E-state index contributed by atoms with van der Waals surface area (Å²) in [5, 5.41) is 9.86. The molecule has 2 atom stereocenters. The molecular weight excluding hydrogens is 268 g/mol. The Labute approximate surface area is 117 Å². The minimum atomic E-state index is -0.264.